The Kier molecular flexibility index (Phi) is 6.01. The van der Waals surface area contributed by atoms with Crippen LogP contribution in [-0.2, 0) is 14.4 Å². The molecule has 0 aromatic carbocycles. The van der Waals surface area contributed by atoms with Gasteiger partial charge in [-0.3, -0.25) is 4.79 Å². The van der Waals surface area contributed by atoms with Crippen LogP contribution in [0.1, 0.15) is 13.8 Å². The van der Waals surface area contributed by atoms with Gasteiger partial charge in [0.25, 0.3) is 0 Å². The minimum absolute atomic E-state index is 0.364. The van der Waals surface area contributed by atoms with Gasteiger partial charge in [-0.05, 0) is 24.0 Å². The summed E-state index contributed by atoms with van der Waals surface area (Å²) in [5.41, 5.74) is -0.729. The van der Waals surface area contributed by atoms with Crippen molar-refractivity contribution in [2.24, 2.45) is 0 Å². The van der Waals surface area contributed by atoms with Crippen LogP contribution < -0.4 is 0 Å². The molecule has 0 saturated heterocycles. The Labute approximate surface area is 133 Å². The first kappa shape index (κ1) is 18.2. The summed E-state index contributed by atoms with van der Waals surface area (Å²) in [6.07, 6.45) is 3.48. The van der Waals surface area contributed by atoms with E-state index in [4.69, 9.17) is 0 Å². The summed E-state index contributed by atoms with van der Waals surface area (Å²) in [6.45, 7) is 3.83. The standard InChI is InChI=1S/C13H18O5S3/c1-5-21(6-2)12(19-3)7(10(15)16)9(14)8(11(17)18)13(21)20-4/h5-6H2,1-4H3,(H,15,16)(H,17,18). The molecule has 8 heteroatoms. The SMILES string of the molecule is CCS1(CC)C(SC)=C(C(=O)O)C(=O)C(C(=O)O)=C1SC. The lowest BCUT2D eigenvalue weighted by Gasteiger charge is -2.44. The number of thioether (sulfide) groups is 2. The van der Waals surface area contributed by atoms with Gasteiger partial charge in [0.05, 0.1) is 0 Å². The molecule has 1 rings (SSSR count). The maximum absolute atomic E-state index is 12.4. The van der Waals surface area contributed by atoms with Crippen molar-refractivity contribution < 1.29 is 24.6 Å². The van der Waals surface area contributed by atoms with E-state index in [0.29, 0.717) is 20.0 Å². The van der Waals surface area contributed by atoms with E-state index in [-0.39, 0.29) is 11.1 Å². The fourth-order valence-electron chi connectivity index (χ4n) is 2.41. The van der Waals surface area contributed by atoms with E-state index in [1.165, 1.54) is 23.5 Å². The Morgan fingerprint density at radius 3 is 1.48 bits per heavy atom. The molecule has 1 aliphatic rings. The fraction of sp³-hybridized carbons (Fsp3) is 0.462. The zero-order valence-corrected chi connectivity index (χ0v) is 14.7. The third-order valence-electron chi connectivity index (χ3n) is 3.36. The van der Waals surface area contributed by atoms with E-state index in [0.717, 1.165) is 0 Å². The Hall–Kier alpha value is -0.860. The number of carboxylic acids is 2. The van der Waals surface area contributed by atoms with Gasteiger partial charge in [-0.1, -0.05) is 13.8 Å². The predicted molar refractivity (Wildman–Crippen MR) is 90.0 cm³/mol. The number of aliphatic carboxylic acids is 2. The molecule has 2 N–H and O–H groups in total. The van der Waals surface area contributed by atoms with Crippen LogP contribution in [0.5, 0.6) is 0 Å². The van der Waals surface area contributed by atoms with Gasteiger partial charge >= 0.3 is 11.9 Å². The third kappa shape index (κ3) is 2.76. The Balaban J connectivity index is 3.86. The largest absolute Gasteiger partial charge is 0.477 e. The van der Waals surface area contributed by atoms with Crippen LogP contribution in [-0.4, -0.2) is 52.0 Å². The minimum atomic E-state index is -1.77. The van der Waals surface area contributed by atoms with E-state index in [9.17, 15) is 24.6 Å². The second-order valence-electron chi connectivity index (χ2n) is 4.13. The van der Waals surface area contributed by atoms with Gasteiger partial charge in [0.15, 0.2) is 0 Å². The summed E-state index contributed by atoms with van der Waals surface area (Å²) in [5.74, 6) is -2.33. The summed E-state index contributed by atoms with van der Waals surface area (Å²) >= 11 is 2.50. The second-order valence-corrected chi connectivity index (χ2v) is 10.0. The summed E-state index contributed by atoms with van der Waals surface area (Å²) < 4.78 is 1.08. The van der Waals surface area contributed by atoms with Crippen LogP contribution in [0.3, 0.4) is 0 Å². The van der Waals surface area contributed by atoms with E-state index >= 15 is 0 Å². The van der Waals surface area contributed by atoms with E-state index in [2.05, 4.69) is 0 Å². The fourth-order valence-corrected chi connectivity index (χ4v) is 10.6. The molecule has 0 amide bonds. The topological polar surface area (TPSA) is 91.7 Å². The molecule has 21 heavy (non-hydrogen) atoms. The lowest BCUT2D eigenvalue weighted by atomic mass is 10.1. The summed E-state index contributed by atoms with van der Waals surface area (Å²) in [6, 6.07) is 0. The number of hydrogen-bond acceptors (Lipinski definition) is 5. The Bertz CT molecular complexity index is 514. The monoisotopic (exact) mass is 350 g/mol. The van der Waals surface area contributed by atoms with E-state index in [1.807, 2.05) is 13.8 Å². The summed E-state index contributed by atoms with van der Waals surface area (Å²) in [5, 5.41) is 18.8. The highest BCUT2D eigenvalue weighted by molar-refractivity contribution is 8.52. The molecule has 0 saturated carbocycles. The zero-order chi connectivity index (χ0) is 16.4. The number of carboxylic acid groups (broad SMARTS) is 2. The molecule has 0 unspecified atom stereocenters. The van der Waals surface area contributed by atoms with Crippen LogP contribution in [0.4, 0.5) is 0 Å². The van der Waals surface area contributed by atoms with Crippen LogP contribution in [0.15, 0.2) is 19.6 Å². The highest BCUT2D eigenvalue weighted by Gasteiger charge is 2.45. The highest BCUT2D eigenvalue weighted by Crippen LogP contribution is 2.70. The maximum atomic E-state index is 12.4. The number of ketones is 1. The van der Waals surface area contributed by atoms with Gasteiger partial charge < -0.3 is 10.2 Å². The van der Waals surface area contributed by atoms with Crippen molar-refractivity contribution in [2.45, 2.75) is 13.8 Å². The van der Waals surface area contributed by atoms with Crippen molar-refractivity contribution in [3.05, 3.63) is 19.6 Å². The summed E-state index contributed by atoms with van der Waals surface area (Å²) in [7, 11) is -1.77. The molecule has 0 aromatic rings. The van der Waals surface area contributed by atoms with Crippen molar-refractivity contribution in [3.8, 4) is 0 Å². The van der Waals surface area contributed by atoms with Gasteiger partial charge in [0.2, 0.25) is 5.78 Å². The number of hydrogen-bond donors (Lipinski definition) is 2. The smallest absolute Gasteiger partial charge is 0.341 e. The molecule has 0 radical (unpaired) electrons. The average Bonchev–Trinajstić information content (AvgIpc) is 2.44. The molecule has 0 spiro atoms. The molecule has 0 bridgehead atoms. The molecule has 0 fully saturated rings. The van der Waals surface area contributed by atoms with Crippen molar-refractivity contribution in [3.63, 3.8) is 0 Å². The van der Waals surface area contributed by atoms with Gasteiger partial charge in [-0.25, -0.2) is 9.59 Å². The van der Waals surface area contributed by atoms with Crippen molar-refractivity contribution in [2.75, 3.05) is 24.0 Å². The van der Waals surface area contributed by atoms with Crippen molar-refractivity contribution >= 4 is 51.3 Å². The molecule has 5 nitrogen and oxygen atoms in total. The molecule has 0 atom stereocenters. The molecule has 0 aliphatic carbocycles. The Morgan fingerprint density at radius 2 is 1.29 bits per heavy atom. The molecule has 1 aliphatic heterocycles. The van der Waals surface area contributed by atoms with E-state index < -0.39 is 27.7 Å². The lowest BCUT2D eigenvalue weighted by molar-refractivity contribution is -0.135. The van der Waals surface area contributed by atoms with Crippen molar-refractivity contribution in [1.82, 2.24) is 0 Å². The number of rotatable bonds is 6. The molecule has 0 aromatic heterocycles. The molecule has 1 heterocycles. The van der Waals surface area contributed by atoms with Crippen LogP contribution in [0, 0.1) is 0 Å². The van der Waals surface area contributed by atoms with Gasteiger partial charge in [-0.2, -0.15) is 10.0 Å². The Morgan fingerprint density at radius 1 is 0.952 bits per heavy atom. The quantitative estimate of drug-likeness (QED) is 0.712. The summed E-state index contributed by atoms with van der Waals surface area (Å²) in [4.78, 5) is 35.4. The normalized spacial score (nSPS) is 19.7. The molecule has 118 valence electrons. The number of Topliss-reactive ketones (excluding diaryl/α,β-unsaturated/α-hetero) is 1. The minimum Gasteiger partial charge on any atom is -0.477 e. The van der Waals surface area contributed by atoms with Crippen LogP contribution in [0.2, 0.25) is 0 Å². The van der Waals surface area contributed by atoms with Gasteiger partial charge in [0.1, 0.15) is 11.1 Å². The second kappa shape index (κ2) is 6.93. The first-order chi connectivity index (χ1) is 9.82. The third-order valence-corrected chi connectivity index (χ3v) is 11.2. The average molecular weight is 350 g/mol. The molecular formula is C13H18O5S3. The first-order valence-corrected chi connectivity index (χ1v) is 10.6. The van der Waals surface area contributed by atoms with Gasteiger partial charge in [0, 0.05) is 8.47 Å². The number of carbonyl (C=O) groups excluding carboxylic acids is 1. The zero-order valence-electron chi connectivity index (χ0n) is 12.3. The predicted octanol–water partition coefficient (Wildman–Crippen LogP) is 2.73. The van der Waals surface area contributed by atoms with Crippen LogP contribution in [0.25, 0.3) is 0 Å². The van der Waals surface area contributed by atoms with E-state index in [1.54, 1.807) is 12.5 Å². The number of carbonyl (C=O) groups is 3. The molecular weight excluding hydrogens is 332 g/mol. The highest BCUT2D eigenvalue weighted by atomic mass is 32.3. The van der Waals surface area contributed by atoms with Crippen molar-refractivity contribution in [1.29, 1.82) is 0 Å². The van der Waals surface area contributed by atoms with Crippen LogP contribution >= 0.6 is 33.6 Å². The first-order valence-electron chi connectivity index (χ1n) is 6.18. The van der Waals surface area contributed by atoms with Gasteiger partial charge in [-0.15, -0.1) is 23.5 Å². The maximum Gasteiger partial charge on any atom is 0.341 e. The lowest BCUT2D eigenvalue weighted by Crippen LogP contribution is -2.29.